The van der Waals surface area contributed by atoms with Crippen molar-refractivity contribution < 1.29 is 14.3 Å². The second-order valence-corrected chi connectivity index (χ2v) is 5.84. The van der Waals surface area contributed by atoms with E-state index in [0.29, 0.717) is 10.8 Å². The average molecular weight is 386 g/mol. The van der Waals surface area contributed by atoms with Crippen molar-refractivity contribution in [1.29, 1.82) is 0 Å². The van der Waals surface area contributed by atoms with Gasteiger partial charge < -0.3 is 20.9 Å². The first kappa shape index (κ1) is 18.4. The summed E-state index contributed by atoms with van der Waals surface area (Å²) in [6.45, 7) is -0.514. The van der Waals surface area contributed by atoms with Gasteiger partial charge in [-0.1, -0.05) is 48.0 Å². The Bertz CT molecular complexity index is 933. The van der Waals surface area contributed by atoms with Crippen LogP contribution in [0.4, 0.5) is 11.9 Å². The Morgan fingerprint density at radius 3 is 2.33 bits per heavy atom. The first-order chi connectivity index (χ1) is 13.0. The quantitative estimate of drug-likeness (QED) is 0.619. The highest BCUT2D eigenvalue weighted by atomic mass is 35.5. The van der Waals surface area contributed by atoms with E-state index in [1.807, 2.05) is 36.4 Å². The van der Waals surface area contributed by atoms with Gasteiger partial charge in [-0.25, -0.2) is 4.79 Å². The summed E-state index contributed by atoms with van der Waals surface area (Å²) in [6.07, 6.45) is 0. The molecule has 0 spiro atoms. The van der Waals surface area contributed by atoms with Crippen molar-refractivity contribution in [3.63, 3.8) is 0 Å². The summed E-state index contributed by atoms with van der Waals surface area (Å²) in [5.41, 5.74) is 12.9. The molecule has 0 bridgehead atoms. The standard InChI is InChI=1S/C18H16ClN5O3/c19-13-8-12(11-4-2-1-3-5-11)6-7-14(13)26-10-16(25)27-9-15-22-17(20)24-18(21)23-15/h1-8H,9-10H2,(H4,20,21,22,23,24). The minimum Gasteiger partial charge on any atom is -0.480 e. The highest BCUT2D eigenvalue weighted by molar-refractivity contribution is 6.32. The number of halogens is 1. The molecule has 27 heavy (non-hydrogen) atoms. The van der Waals surface area contributed by atoms with E-state index in [1.165, 1.54) is 0 Å². The molecule has 9 heteroatoms. The zero-order chi connectivity index (χ0) is 19.2. The van der Waals surface area contributed by atoms with Crippen LogP contribution in [0.15, 0.2) is 48.5 Å². The fraction of sp³-hybridized carbons (Fsp3) is 0.111. The average Bonchev–Trinajstić information content (AvgIpc) is 2.65. The number of hydrogen-bond acceptors (Lipinski definition) is 8. The smallest absolute Gasteiger partial charge is 0.344 e. The Balaban J connectivity index is 1.55. The number of hydrogen-bond donors (Lipinski definition) is 2. The first-order valence-electron chi connectivity index (χ1n) is 7.90. The molecule has 8 nitrogen and oxygen atoms in total. The Labute approximate surface area is 160 Å². The number of anilines is 2. The lowest BCUT2D eigenvalue weighted by Crippen LogP contribution is -2.16. The second-order valence-electron chi connectivity index (χ2n) is 5.43. The van der Waals surface area contributed by atoms with Crippen LogP contribution in [0.5, 0.6) is 5.75 Å². The molecule has 0 atom stereocenters. The van der Waals surface area contributed by atoms with E-state index in [2.05, 4.69) is 15.0 Å². The molecule has 0 fully saturated rings. The summed E-state index contributed by atoms with van der Waals surface area (Å²) >= 11 is 6.24. The zero-order valence-corrected chi connectivity index (χ0v) is 14.9. The molecule has 4 N–H and O–H groups in total. The van der Waals surface area contributed by atoms with Gasteiger partial charge >= 0.3 is 5.97 Å². The molecule has 3 rings (SSSR count). The number of aromatic nitrogens is 3. The number of ether oxygens (including phenoxy) is 2. The molecule has 1 aromatic heterocycles. The van der Waals surface area contributed by atoms with Crippen LogP contribution in [0.1, 0.15) is 5.82 Å². The molecule has 0 aliphatic heterocycles. The van der Waals surface area contributed by atoms with Gasteiger partial charge in [0.1, 0.15) is 5.75 Å². The van der Waals surface area contributed by atoms with Gasteiger partial charge in [-0.15, -0.1) is 0 Å². The van der Waals surface area contributed by atoms with Gasteiger partial charge in [0.2, 0.25) is 11.9 Å². The predicted octanol–water partition coefficient (Wildman–Crippen LogP) is 2.48. The van der Waals surface area contributed by atoms with Crippen LogP contribution < -0.4 is 16.2 Å². The highest BCUT2D eigenvalue weighted by Crippen LogP contribution is 2.30. The van der Waals surface area contributed by atoms with Gasteiger partial charge in [-0.05, 0) is 23.3 Å². The van der Waals surface area contributed by atoms with Crippen molar-refractivity contribution in [2.75, 3.05) is 18.1 Å². The van der Waals surface area contributed by atoms with Crippen molar-refractivity contribution in [3.8, 4) is 16.9 Å². The van der Waals surface area contributed by atoms with Gasteiger partial charge in [-0.3, -0.25) is 0 Å². The Morgan fingerprint density at radius 2 is 1.67 bits per heavy atom. The SMILES string of the molecule is Nc1nc(N)nc(COC(=O)COc2ccc(-c3ccccc3)cc2Cl)n1. The lowest BCUT2D eigenvalue weighted by Gasteiger charge is -2.10. The fourth-order valence-corrected chi connectivity index (χ4v) is 2.51. The monoisotopic (exact) mass is 385 g/mol. The maximum absolute atomic E-state index is 11.8. The zero-order valence-electron chi connectivity index (χ0n) is 14.1. The molecule has 0 amide bonds. The second kappa shape index (κ2) is 8.33. The third-order valence-corrected chi connectivity index (χ3v) is 3.76. The lowest BCUT2D eigenvalue weighted by atomic mass is 10.1. The number of rotatable bonds is 6. The molecule has 138 valence electrons. The van der Waals surface area contributed by atoms with Crippen LogP contribution >= 0.6 is 11.6 Å². The predicted molar refractivity (Wildman–Crippen MR) is 101 cm³/mol. The van der Waals surface area contributed by atoms with Gasteiger partial charge in [-0.2, -0.15) is 15.0 Å². The molecule has 2 aromatic carbocycles. The number of benzene rings is 2. The van der Waals surface area contributed by atoms with Gasteiger partial charge in [0.15, 0.2) is 19.0 Å². The number of nitrogens with two attached hydrogens (primary N) is 2. The van der Waals surface area contributed by atoms with Gasteiger partial charge in [0, 0.05) is 0 Å². The van der Waals surface area contributed by atoms with E-state index in [-0.39, 0.29) is 30.9 Å². The molecular weight excluding hydrogens is 370 g/mol. The van der Waals surface area contributed by atoms with Gasteiger partial charge in [0.25, 0.3) is 0 Å². The van der Waals surface area contributed by atoms with Crippen LogP contribution in [0.3, 0.4) is 0 Å². The van der Waals surface area contributed by atoms with Crippen LogP contribution in [0.2, 0.25) is 5.02 Å². The Hall–Kier alpha value is -3.39. The van der Waals surface area contributed by atoms with Crippen LogP contribution in [0, 0.1) is 0 Å². The minimum absolute atomic E-state index is 0.0462. The molecule has 1 heterocycles. The van der Waals surface area contributed by atoms with Crippen molar-refractivity contribution in [2.24, 2.45) is 0 Å². The third-order valence-electron chi connectivity index (χ3n) is 3.46. The normalized spacial score (nSPS) is 10.4. The minimum atomic E-state index is -0.615. The fourth-order valence-electron chi connectivity index (χ4n) is 2.27. The number of carbonyl (C=O) groups excluding carboxylic acids is 1. The molecule has 0 unspecified atom stereocenters. The maximum atomic E-state index is 11.8. The summed E-state index contributed by atoms with van der Waals surface area (Å²) < 4.78 is 10.4. The van der Waals surface area contributed by atoms with Crippen LogP contribution in [-0.4, -0.2) is 27.5 Å². The molecule has 0 saturated carbocycles. The number of esters is 1. The van der Waals surface area contributed by atoms with E-state index in [1.54, 1.807) is 12.1 Å². The summed E-state index contributed by atoms with van der Waals surface area (Å²) in [5, 5.41) is 0.391. The molecule has 3 aromatic rings. The van der Waals surface area contributed by atoms with E-state index >= 15 is 0 Å². The summed E-state index contributed by atoms with van der Waals surface area (Å²) in [4.78, 5) is 23.1. The van der Waals surface area contributed by atoms with Crippen molar-refractivity contribution in [3.05, 3.63) is 59.4 Å². The lowest BCUT2D eigenvalue weighted by molar-refractivity contribution is -0.147. The molecular formula is C18H16ClN5O3. The highest BCUT2D eigenvalue weighted by Gasteiger charge is 2.10. The van der Waals surface area contributed by atoms with E-state index in [4.69, 9.17) is 32.5 Å². The third kappa shape index (κ3) is 5.05. The van der Waals surface area contributed by atoms with Crippen LogP contribution in [-0.2, 0) is 16.1 Å². The van der Waals surface area contributed by atoms with E-state index in [9.17, 15) is 4.79 Å². The summed E-state index contributed by atoms with van der Waals surface area (Å²) in [7, 11) is 0. The molecule has 0 aliphatic carbocycles. The molecule has 0 saturated heterocycles. The number of carbonyl (C=O) groups is 1. The maximum Gasteiger partial charge on any atom is 0.344 e. The van der Waals surface area contributed by atoms with Crippen LogP contribution in [0.25, 0.3) is 11.1 Å². The van der Waals surface area contributed by atoms with Gasteiger partial charge in [0.05, 0.1) is 5.02 Å². The number of nitrogen functional groups attached to an aromatic ring is 2. The first-order valence-corrected chi connectivity index (χ1v) is 8.28. The largest absolute Gasteiger partial charge is 0.480 e. The molecule has 0 aliphatic rings. The summed E-state index contributed by atoms with van der Waals surface area (Å²) in [6, 6.07) is 15.1. The Kier molecular flexibility index (Phi) is 5.68. The molecule has 0 radical (unpaired) electrons. The Morgan fingerprint density at radius 1 is 0.963 bits per heavy atom. The summed E-state index contributed by atoms with van der Waals surface area (Å²) in [5.74, 6) is -0.179. The topological polar surface area (TPSA) is 126 Å². The van der Waals surface area contributed by atoms with Crippen molar-refractivity contribution >= 4 is 29.5 Å². The van der Waals surface area contributed by atoms with E-state index in [0.717, 1.165) is 11.1 Å². The van der Waals surface area contributed by atoms with E-state index < -0.39 is 5.97 Å². The van der Waals surface area contributed by atoms with Crippen molar-refractivity contribution in [2.45, 2.75) is 6.61 Å². The van der Waals surface area contributed by atoms with Crippen molar-refractivity contribution in [1.82, 2.24) is 15.0 Å². The number of nitrogens with zero attached hydrogens (tertiary/aromatic N) is 3.